The third-order valence-corrected chi connectivity index (χ3v) is 3.85. The van der Waals surface area contributed by atoms with E-state index in [-0.39, 0.29) is 0 Å². The van der Waals surface area contributed by atoms with Crippen LogP contribution in [0, 0.1) is 11.8 Å². The van der Waals surface area contributed by atoms with Gasteiger partial charge in [-0.25, -0.2) is 0 Å². The van der Waals surface area contributed by atoms with Gasteiger partial charge in [0.2, 0.25) is 0 Å². The first-order chi connectivity index (χ1) is 7.69. The van der Waals surface area contributed by atoms with E-state index >= 15 is 0 Å². The quantitative estimate of drug-likeness (QED) is 0.780. The van der Waals surface area contributed by atoms with Crippen LogP contribution in [0.2, 0.25) is 0 Å². The molecule has 0 bridgehead atoms. The second kappa shape index (κ2) is 4.90. The number of benzene rings is 1. The highest BCUT2D eigenvalue weighted by molar-refractivity contribution is 5.44. The number of rotatable bonds is 2. The van der Waals surface area contributed by atoms with Crippen LogP contribution in [0.1, 0.15) is 44.6 Å². The summed E-state index contributed by atoms with van der Waals surface area (Å²) in [5.74, 6) is 2.56. The van der Waals surface area contributed by atoms with Crippen LogP contribution < -0.4 is 5.32 Å². The van der Waals surface area contributed by atoms with Crippen LogP contribution in [0.4, 0.5) is 5.69 Å². The highest BCUT2D eigenvalue weighted by Gasteiger charge is 2.24. The minimum absolute atomic E-state index is 0.782. The zero-order chi connectivity index (χ0) is 11.5. The third kappa shape index (κ3) is 2.58. The smallest absolute Gasteiger partial charge is 0.0337 e. The molecule has 2 rings (SSSR count). The van der Waals surface area contributed by atoms with Crippen molar-refractivity contribution in [3.63, 3.8) is 0 Å². The van der Waals surface area contributed by atoms with Crippen molar-refractivity contribution in [3.8, 4) is 0 Å². The molecule has 2 unspecified atom stereocenters. The Morgan fingerprint density at radius 3 is 2.00 bits per heavy atom. The number of anilines is 1. The summed E-state index contributed by atoms with van der Waals surface area (Å²) < 4.78 is 0. The van der Waals surface area contributed by atoms with Gasteiger partial charge in [-0.15, -0.1) is 0 Å². The van der Waals surface area contributed by atoms with Crippen LogP contribution in [0.3, 0.4) is 0 Å². The van der Waals surface area contributed by atoms with Crippen molar-refractivity contribution in [2.45, 2.75) is 39.0 Å². The topological polar surface area (TPSA) is 12.0 Å². The molecule has 1 aromatic rings. The fourth-order valence-electron chi connectivity index (χ4n) is 3.14. The lowest BCUT2D eigenvalue weighted by Crippen LogP contribution is -2.18. The number of hydrogen-bond acceptors (Lipinski definition) is 1. The van der Waals surface area contributed by atoms with Gasteiger partial charge in [0.05, 0.1) is 0 Å². The van der Waals surface area contributed by atoms with Gasteiger partial charge in [0.1, 0.15) is 0 Å². The van der Waals surface area contributed by atoms with E-state index < -0.39 is 0 Å². The van der Waals surface area contributed by atoms with Crippen LogP contribution in [-0.4, -0.2) is 7.05 Å². The summed E-state index contributed by atoms with van der Waals surface area (Å²) in [4.78, 5) is 0. The highest BCUT2D eigenvalue weighted by atomic mass is 14.8. The van der Waals surface area contributed by atoms with Gasteiger partial charge < -0.3 is 5.32 Å². The number of nitrogens with one attached hydrogen (secondary N) is 1. The van der Waals surface area contributed by atoms with E-state index in [0.717, 1.165) is 17.8 Å². The normalized spacial score (nSPS) is 30.1. The predicted molar refractivity (Wildman–Crippen MR) is 70.9 cm³/mol. The standard InChI is InChI=1S/C15H23N/c1-11-8-12(2)10-14(9-11)13-4-6-15(16-3)7-5-13/h4-7,11-12,14,16H,8-10H2,1-3H3. The van der Waals surface area contributed by atoms with Crippen molar-refractivity contribution in [1.82, 2.24) is 0 Å². The molecule has 1 aliphatic carbocycles. The summed E-state index contributed by atoms with van der Waals surface area (Å²) in [6, 6.07) is 8.97. The first-order valence-electron chi connectivity index (χ1n) is 6.46. The molecule has 0 aromatic heterocycles. The second-order valence-electron chi connectivity index (χ2n) is 5.49. The molecular formula is C15H23N. The molecular weight excluding hydrogens is 194 g/mol. The Morgan fingerprint density at radius 2 is 1.50 bits per heavy atom. The monoisotopic (exact) mass is 217 g/mol. The molecule has 16 heavy (non-hydrogen) atoms. The molecule has 0 saturated heterocycles. The highest BCUT2D eigenvalue weighted by Crippen LogP contribution is 2.39. The van der Waals surface area contributed by atoms with Crippen LogP contribution >= 0.6 is 0 Å². The van der Waals surface area contributed by atoms with Crippen molar-refractivity contribution in [2.75, 3.05) is 12.4 Å². The molecule has 0 aliphatic heterocycles. The van der Waals surface area contributed by atoms with E-state index in [9.17, 15) is 0 Å². The van der Waals surface area contributed by atoms with E-state index in [4.69, 9.17) is 0 Å². The molecule has 1 fully saturated rings. The Labute approximate surface area is 99.3 Å². The van der Waals surface area contributed by atoms with Crippen molar-refractivity contribution in [2.24, 2.45) is 11.8 Å². The van der Waals surface area contributed by atoms with Crippen molar-refractivity contribution in [1.29, 1.82) is 0 Å². The predicted octanol–water partition coefficient (Wildman–Crippen LogP) is 4.27. The first-order valence-corrected chi connectivity index (χ1v) is 6.46. The van der Waals surface area contributed by atoms with E-state index in [1.54, 1.807) is 0 Å². The average Bonchev–Trinajstić information content (AvgIpc) is 2.28. The van der Waals surface area contributed by atoms with Crippen molar-refractivity contribution in [3.05, 3.63) is 29.8 Å². The Bertz CT molecular complexity index is 318. The molecule has 88 valence electrons. The van der Waals surface area contributed by atoms with Crippen LogP contribution in [0.25, 0.3) is 0 Å². The summed E-state index contributed by atoms with van der Waals surface area (Å²) in [5.41, 5.74) is 2.73. The minimum Gasteiger partial charge on any atom is -0.388 e. The zero-order valence-corrected chi connectivity index (χ0v) is 10.7. The zero-order valence-electron chi connectivity index (χ0n) is 10.7. The Balaban J connectivity index is 2.10. The van der Waals surface area contributed by atoms with E-state index in [1.807, 2.05) is 7.05 Å². The summed E-state index contributed by atoms with van der Waals surface area (Å²) in [6.45, 7) is 4.79. The Hall–Kier alpha value is -0.980. The fourth-order valence-corrected chi connectivity index (χ4v) is 3.14. The van der Waals surface area contributed by atoms with Gasteiger partial charge in [0.15, 0.2) is 0 Å². The number of hydrogen-bond donors (Lipinski definition) is 1. The Kier molecular flexibility index (Phi) is 3.52. The molecule has 1 aromatic carbocycles. The molecule has 1 saturated carbocycles. The lowest BCUT2D eigenvalue weighted by atomic mass is 9.74. The van der Waals surface area contributed by atoms with Gasteiger partial charge in [0.25, 0.3) is 0 Å². The molecule has 1 heteroatoms. The van der Waals surface area contributed by atoms with Gasteiger partial charge in [0, 0.05) is 12.7 Å². The van der Waals surface area contributed by atoms with E-state index in [1.165, 1.54) is 30.5 Å². The van der Waals surface area contributed by atoms with E-state index in [0.29, 0.717) is 0 Å². The fraction of sp³-hybridized carbons (Fsp3) is 0.600. The molecule has 0 spiro atoms. The molecule has 0 heterocycles. The second-order valence-corrected chi connectivity index (χ2v) is 5.49. The maximum atomic E-state index is 3.17. The first kappa shape index (κ1) is 11.5. The van der Waals surface area contributed by atoms with Crippen LogP contribution in [-0.2, 0) is 0 Å². The molecule has 2 atom stereocenters. The van der Waals surface area contributed by atoms with Gasteiger partial charge in [-0.1, -0.05) is 26.0 Å². The summed E-state index contributed by atoms with van der Waals surface area (Å²) >= 11 is 0. The molecule has 1 N–H and O–H groups in total. The SMILES string of the molecule is CNc1ccc(C2CC(C)CC(C)C2)cc1. The summed E-state index contributed by atoms with van der Waals surface area (Å²) in [6.07, 6.45) is 4.14. The van der Waals surface area contributed by atoms with Gasteiger partial charge in [-0.2, -0.15) is 0 Å². The van der Waals surface area contributed by atoms with Crippen molar-refractivity contribution < 1.29 is 0 Å². The van der Waals surface area contributed by atoms with Gasteiger partial charge in [-0.3, -0.25) is 0 Å². The lowest BCUT2D eigenvalue weighted by molar-refractivity contribution is 0.268. The molecule has 0 radical (unpaired) electrons. The van der Waals surface area contributed by atoms with Gasteiger partial charge >= 0.3 is 0 Å². The maximum absolute atomic E-state index is 3.17. The molecule has 0 amide bonds. The molecule has 1 aliphatic rings. The summed E-state index contributed by atoms with van der Waals surface area (Å²) in [5, 5.41) is 3.17. The largest absolute Gasteiger partial charge is 0.388 e. The maximum Gasteiger partial charge on any atom is 0.0337 e. The molecule has 1 nitrogen and oxygen atoms in total. The Morgan fingerprint density at radius 1 is 0.938 bits per heavy atom. The lowest BCUT2D eigenvalue weighted by Gasteiger charge is -2.31. The van der Waals surface area contributed by atoms with Gasteiger partial charge in [-0.05, 0) is 54.7 Å². The van der Waals surface area contributed by atoms with E-state index in [2.05, 4.69) is 43.4 Å². The summed E-state index contributed by atoms with van der Waals surface area (Å²) in [7, 11) is 1.97. The van der Waals surface area contributed by atoms with Crippen LogP contribution in [0.5, 0.6) is 0 Å². The average molecular weight is 217 g/mol. The van der Waals surface area contributed by atoms with Crippen LogP contribution in [0.15, 0.2) is 24.3 Å². The minimum atomic E-state index is 0.782. The van der Waals surface area contributed by atoms with Crippen molar-refractivity contribution >= 4 is 5.69 Å². The third-order valence-electron chi connectivity index (χ3n) is 3.85.